The number of hydrogen-bond donors (Lipinski definition) is 3. The summed E-state index contributed by atoms with van der Waals surface area (Å²) in [6.07, 6.45) is -0.323. The summed E-state index contributed by atoms with van der Waals surface area (Å²) in [7, 11) is 1.53. The van der Waals surface area contributed by atoms with E-state index in [1.807, 2.05) is 0 Å². The minimum atomic E-state index is -0.741. The number of methoxy groups -OCH3 is 1. The van der Waals surface area contributed by atoms with Crippen molar-refractivity contribution in [2.24, 2.45) is 5.73 Å². The molecule has 0 unspecified atom stereocenters. The van der Waals surface area contributed by atoms with Gasteiger partial charge in [0.1, 0.15) is 11.5 Å². The van der Waals surface area contributed by atoms with Crippen molar-refractivity contribution in [3.05, 3.63) is 23.8 Å². The van der Waals surface area contributed by atoms with Gasteiger partial charge in [-0.2, -0.15) is 0 Å². The number of hydrogen-bond acceptors (Lipinski definition) is 4. The van der Waals surface area contributed by atoms with Gasteiger partial charge in [0.2, 0.25) is 0 Å². The molecule has 0 saturated heterocycles. The number of aliphatic hydroxyl groups is 1. The molecule has 0 radical (unpaired) electrons. The van der Waals surface area contributed by atoms with Crippen molar-refractivity contribution in [1.29, 1.82) is 0 Å². The van der Waals surface area contributed by atoms with Crippen LogP contribution in [0.5, 0.6) is 11.5 Å². The Hall–Kier alpha value is -1.26. The van der Waals surface area contributed by atoms with Gasteiger partial charge in [0.15, 0.2) is 0 Å². The lowest BCUT2D eigenvalue weighted by Gasteiger charge is -2.12. The van der Waals surface area contributed by atoms with Gasteiger partial charge in [0.05, 0.1) is 13.2 Å². The van der Waals surface area contributed by atoms with E-state index in [4.69, 9.17) is 10.5 Å². The molecule has 0 aliphatic rings. The molecule has 0 aliphatic carbocycles. The first kappa shape index (κ1) is 10.8. The molecule has 0 aliphatic heterocycles. The van der Waals surface area contributed by atoms with Crippen molar-refractivity contribution in [1.82, 2.24) is 0 Å². The van der Waals surface area contributed by atoms with Gasteiger partial charge in [-0.25, -0.2) is 0 Å². The van der Waals surface area contributed by atoms with E-state index >= 15 is 0 Å². The average molecular weight is 197 g/mol. The van der Waals surface area contributed by atoms with E-state index in [0.717, 1.165) is 0 Å². The quantitative estimate of drug-likeness (QED) is 0.666. The summed E-state index contributed by atoms with van der Waals surface area (Å²) < 4.78 is 4.98. The monoisotopic (exact) mass is 197 g/mol. The van der Waals surface area contributed by atoms with E-state index in [2.05, 4.69) is 0 Å². The topological polar surface area (TPSA) is 75.7 Å². The van der Waals surface area contributed by atoms with Crippen molar-refractivity contribution >= 4 is 0 Å². The van der Waals surface area contributed by atoms with Crippen LogP contribution in [0.25, 0.3) is 0 Å². The van der Waals surface area contributed by atoms with Crippen molar-refractivity contribution in [2.75, 3.05) is 13.7 Å². The second kappa shape index (κ2) is 4.83. The van der Waals surface area contributed by atoms with Crippen molar-refractivity contribution in [3.8, 4) is 11.5 Å². The number of phenolic OH excluding ortho intramolecular Hbond substituents is 1. The lowest BCUT2D eigenvalue weighted by Crippen LogP contribution is -2.07. The van der Waals surface area contributed by atoms with Gasteiger partial charge in [0, 0.05) is 5.56 Å². The lowest BCUT2D eigenvalue weighted by molar-refractivity contribution is 0.166. The molecule has 14 heavy (non-hydrogen) atoms. The van der Waals surface area contributed by atoms with Crippen LogP contribution in [-0.4, -0.2) is 23.9 Å². The minimum Gasteiger partial charge on any atom is -0.508 e. The molecular weight excluding hydrogens is 182 g/mol. The van der Waals surface area contributed by atoms with Crippen LogP contribution in [0.1, 0.15) is 18.1 Å². The van der Waals surface area contributed by atoms with Gasteiger partial charge in [-0.1, -0.05) is 0 Å². The molecular formula is C10H15NO3. The van der Waals surface area contributed by atoms with E-state index in [0.29, 0.717) is 24.3 Å². The molecule has 4 heteroatoms. The van der Waals surface area contributed by atoms with Gasteiger partial charge in [-0.05, 0) is 31.2 Å². The third-order valence-electron chi connectivity index (χ3n) is 2.03. The Labute approximate surface area is 82.9 Å². The molecule has 1 aromatic carbocycles. The zero-order valence-electron chi connectivity index (χ0n) is 8.10. The van der Waals surface area contributed by atoms with Gasteiger partial charge < -0.3 is 20.7 Å². The minimum absolute atomic E-state index is 0.0618. The zero-order valence-corrected chi connectivity index (χ0v) is 8.10. The second-order valence-corrected chi connectivity index (χ2v) is 3.02. The van der Waals surface area contributed by atoms with Crippen LogP contribution in [0.2, 0.25) is 0 Å². The predicted octanol–water partition coefficient (Wildman–Crippen LogP) is 0.783. The third kappa shape index (κ3) is 2.37. The standard InChI is InChI=1S/C10H15NO3/c1-14-7-2-3-9(12)8(6-7)10(13)4-5-11/h2-3,6,10,12-13H,4-5,11H2,1H3/t10-/m0/s1. The van der Waals surface area contributed by atoms with Gasteiger partial charge >= 0.3 is 0 Å². The van der Waals surface area contributed by atoms with Crippen molar-refractivity contribution in [3.63, 3.8) is 0 Å². The van der Waals surface area contributed by atoms with Gasteiger partial charge in [-0.3, -0.25) is 0 Å². The average Bonchev–Trinajstić information content (AvgIpc) is 2.19. The highest BCUT2D eigenvalue weighted by Gasteiger charge is 2.12. The summed E-state index contributed by atoms with van der Waals surface area (Å²) in [5, 5.41) is 19.1. The Morgan fingerprint density at radius 2 is 2.21 bits per heavy atom. The number of ether oxygens (including phenoxy) is 1. The van der Waals surface area contributed by atoms with Gasteiger partial charge in [-0.15, -0.1) is 0 Å². The maximum atomic E-state index is 9.63. The molecule has 0 amide bonds. The molecule has 4 nitrogen and oxygen atoms in total. The molecule has 0 heterocycles. The molecule has 0 saturated carbocycles. The number of aromatic hydroxyl groups is 1. The number of phenols is 1. The van der Waals surface area contributed by atoms with E-state index < -0.39 is 6.10 Å². The molecule has 1 atom stereocenters. The first-order valence-corrected chi connectivity index (χ1v) is 4.44. The predicted molar refractivity (Wildman–Crippen MR) is 53.3 cm³/mol. The fourth-order valence-electron chi connectivity index (χ4n) is 1.24. The largest absolute Gasteiger partial charge is 0.508 e. The van der Waals surface area contributed by atoms with Gasteiger partial charge in [0.25, 0.3) is 0 Å². The summed E-state index contributed by atoms with van der Waals surface area (Å²) in [6.45, 7) is 0.373. The highest BCUT2D eigenvalue weighted by atomic mass is 16.5. The fourth-order valence-corrected chi connectivity index (χ4v) is 1.24. The smallest absolute Gasteiger partial charge is 0.121 e. The Kier molecular flexibility index (Phi) is 3.73. The van der Waals surface area contributed by atoms with E-state index in [1.165, 1.54) is 13.2 Å². The third-order valence-corrected chi connectivity index (χ3v) is 2.03. The summed E-state index contributed by atoms with van der Waals surface area (Å²) in [6, 6.07) is 4.73. The summed E-state index contributed by atoms with van der Waals surface area (Å²) in [5.74, 6) is 0.667. The van der Waals surface area contributed by atoms with Crippen LogP contribution in [0.15, 0.2) is 18.2 Å². The van der Waals surface area contributed by atoms with E-state index in [9.17, 15) is 10.2 Å². The number of benzene rings is 1. The van der Waals surface area contributed by atoms with E-state index in [-0.39, 0.29) is 5.75 Å². The lowest BCUT2D eigenvalue weighted by atomic mass is 10.1. The molecule has 1 aromatic rings. The van der Waals surface area contributed by atoms with Crippen molar-refractivity contribution in [2.45, 2.75) is 12.5 Å². The van der Waals surface area contributed by atoms with Crippen LogP contribution < -0.4 is 10.5 Å². The maximum absolute atomic E-state index is 9.63. The Bertz CT molecular complexity index is 301. The second-order valence-electron chi connectivity index (χ2n) is 3.02. The van der Waals surface area contributed by atoms with Crippen LogP contribution >= 0.6 is 0 Å². The zero-order chi connectivity index (χ0) is 10.6. The number of rotatable bonds is 4. The molecule has 78 valence electrons. The maximum Gasteiger partial charge on any atom is 0.121 e. The van der Waals surface area contributed by atoms with Crippen LogP contribution in [-0.2, 0) is 0 Å². The molecule has 0 aromatic heterocycles. The van der Waals surface area contributed by atoms with Crippen molar-refractivity contribution < 1.29 is 14.9 Å². The highest BCUT2D eigenvalue weighted by Crippen LogP contribution is 2.29. The molecule has 0 bridgehead atoms. The highest BCUT2D eigenvalue weighted by molar-refractivity contribution is 5.40. The molecule has 0 fully saturated rings. The molecule has 0 spiro atoms. The summed E-state index contributed by atoms with van der Waals surface area (Å²) in [4.78, 5) is 0. The molecule has 4 N–H and O–H groups in total. The number of aliphatic hydroxyl groups excluding tert-OH is 1. The van der Waals surface area contributed by atoms with Crippen LogP contribution in [0.3, 0.4) is 0 Å². The molecule has 1 rings (SSSR count). The van der Waals surface area contributed by atoms with Crippen LogP contribution in [0, 0.1) is 0 Å². The summed E-state index contributed by atoms with van der Waals surface area (Å²) >= 11 is 0. The van der Waals surface area contributed by atoms with Crippen LogP contribution in [0.4, 0.5) is 0 Å². The number of nitrogens with two attached hydrogens (primary N) is 1. The first-order valence-electron chi connectivity index (χ1n) is 4.44. The fraction of sp³-hybridized carbons (Fsp3) is 0.400. The Morgan fingerprint density at radius 3 is 2.79 bits per heavy atom. The SMILES string of the molecule is COc1ccc(O)c([C@@H](O)CCN)c1. The van der Waals surface area contributed by atoms with E-state index in [1.54, 1.807) is 12.1 Å². The Morgan fingerprint density at radius 1 is 1.50 bits per heavy atom. The Balaban J connectivity index is 2.93. The first-order chi connectivity index (χ1) is 6.69. The summed E-state index contributed by atoms with van der Waals surface area (Å²) in [5.41, 5.74) is 5.77. The normalized spacial score (nSPS) is 12.5.